The third kappa shape index (κ3) is 8.94. The van der Waals surface area contributed by atoms with Crippen LogP contribution in [0.15, 0.2) is 182 Å². The lowest BCUT2D eigenvalue weighted by Gasteiger charge is -2.46. The second-order valence-electron chi connectivity index (χ2n) is 19.2. The number of imide groups is 1. The molecule has 0 unspecified atom stereocenters. The van der Waals surface area contributed by atoms with Crippen molar-refractivity contribution in [3.05, 3.63) is 210 Å². The Morgan fingerprint density at radius 3 is 2.05 bits per heavy atom. The van der Waals surface area contributed by atoms with Crippen LogP contribution < -0.4 is 29.9 Å². The van der Waals surface area contributed by atoms with E-state index in [4.69, 9.17) is 18.9 Å². The van der Waals surface area contributed by atoms with Crippen LogP contribution in [-0.2, 0) is 29.3 Å². The largest absolute Gasteiger partial charge is 0.497 e. The first-order chi connectivity index (χ1) is 36.7. The van der Waals surface area contributed by atoms with E-state index in [1.54, 1.807) is 31.4 Å². The maximum atomic E-state index is 17.0. The predicted molar refractivity (Wildman–Crippen MR) is 284 cm³/mol. The van der Waals surface area contributed by atoms with Crippen molar-refractivity contribution >= 4 is 40.9 Å². The van der Waals surface area contributed by atoms with Gasteiger partial charge in [0.05, 0.1) is 56.7 Å². The fraction of sp³-hybridized carbons (Fsp3) is 0.246. The number of anilines is 3. The van der Waals surface area contributed by atoms with E-state index >= 15 is 19.2 Å². The van der Waals surface area contributed by atoms with Gasteiger partial charge in [-0.2, -0.15) is 0 Å². The van der Waals surface area contributed by atoms with Gasteiger partial charge < -0.3 is 39.6 Å². The summed E-state index contributed by atoms with van der Waals surface area (Å²) in [7, 11) is 1.59. The van der Waals surface area contributed by atoms with Gasteiger partial charge in [-0.3, -0.25) is 19.3 Å². The van der Waals surface area contributed by atoms with E-state index in [2.05, 4.69) is 15.5 Å². The minimum Gasteiger partial charge on any atom is -0.497 e. The highest BCUT2D eigenvalue weighted by Crippen LogP contribution is 2.66. The van der Waals surface area contributed by atoms with E-state index in [9.17, 15) is 5.11 Å². The van der Waals surface area contributed by atoms with E-state index in [0.717, 1.165) is 27.3 Å². The standard InChI is InChI=1S/C61H57N5O9/c1-39(40-13-6-3-7-14-40)62-60(71)65-51-30-23-44(41-21-28-48(72-2)29-22-41)38-50(51)61(59(65)70)52(57(68)63-46-24-26-47(27-25-46)64-31-34-73-35-32-64)54-58(69)75-55(43-17-10-5-11-18-43)53(42-15-8-4-9-16-42)66(54)56(61)45-19-12-20-49(37-45)74-36-33-67/h3-30,37-39,52-56,67H,31-36H2,1-2H3,(H,62,71)(H,63,68)/t39-,52-,53-,54-,55+,56+,61-/m0/s1. The van der Waals surface area contributed by atoms with E-state index in [0.29, 0.717) is 65.7 Å². The maximum absolute atomic E-state index is 17.0. The number of fused-ring (bicyclic) bond motifs is 3. The number of carbonyl (C=O) groups is 4. The van der Waals surface area contributed by atoms with Crippen molar-refractivity contribution < 1.29 is 43.2 Å². The van der Waals surface area contributed by atoms with Crippen LogP contribution in [0.2, 0.25) is 0 Å². The molecule has 1 spiro atoms. The fourth-order valence-electron chi connectivity index (χ4n) is 11.7. The van der Waals surface area contributed by atoms with Crippen LogP contribution in [0.25, 0.3) is 11.1 Å². The summed E-state index contributed by atoms with van der Waals surface area (Å²) in [5, 5.41) is 16.2. The number of hydrogen-bond donors (Lipinski definition) is 3. The topological polar surface area (TPSA) is 159 Å². The number of urea groups is 1. The second-order valence-corrected chi connectivity index (χ2v) is 19.2. The summed E-state index contributed by atoms with van der Waals surface area (Å²) < 4.78 is 23.9. The zero-order chi connectivity index (χ0) is 51.6. The molecule has 4 aliphatic rings. The van der Waals surface area contributed by atoms with Gasteiger partial charge in [0.1, 0.15) is 35.7 Å². The lowest BCUT2D eigenvalue weighted by atomic mass is 9.65. The van der Waals surface area contributed by atoms with Gasteiger partial charge in [0.15, 0.2) is 0 Å². The minimum absolute atomic E-state index is 0.0173. The molecular formula is C61H57N5O9. The number of amides is 4. The molecule has 75 heavy (non-hydrogen) atoms. The molecule has 3 N–H and O–H groups in total. The van der Waals surface area contributed by atoms with Crippen LogP contribution in [0.4, 0.5) is 21.9 Å². The van der Waals surface area contributed by atoms with Crippen LogP contribution in [0.1, 0.15) is 59.0 Å². The number of hydrogen-bond acceptors (Lipinski definition) is 11. The highest BCUT2D eigenvalue weighted by atomic mass is 16.6. The third-order valence-corrected chi connectivity index (χ3v) is 15.1. The fourth-order valence-corrected chi connectivity index (χ4v) is 11.7. The Labute approximate surface area is 435 Å². The SMILES string of the molecule is COc1ccc(-c2ccc3c(c2)[C@]2(C(=O)N3C(=O)N[C@@H](C)c3ccccc3)[C@H](C(=O)Nc3ccc(N4CCOCC4)cc3)[C@H]3C(=O)O[C@H](c4ccccc4)[C@H](c4ccccc4)N3[C@@H]2c2cccc(OCCO)c2)cc1. The molecule has 0 radical (unpaired) electrons. The number of aliphatic hydroxyl groups is 1. The van der Waals surface area contributed by atoms with Crippen molar-refractivity contribution in [2.24, 2.45) is 5.92 Å². The van der Waals surface area contributed by atoms with Gasteiger partial charge in [0.25, 0.3) is 0 Å². The molecule has 3 fully saturated rings. The number of benzene rings is 7. The summed E-state index contributed by atoms with van der Waals surface area (Å²) in [4.78, 5) is 69.6. The van der Waals surface area contributed by atoms with Crippen molar-refractivity contribution in [3.63, 3.8) is 0 Å². The number of nitrogens with one attached hydrogen (secondary N) is 2. The van der Waals surface area contributed by atoms with Gasteiger partial charge in [0, 0.05) is 24.5 Å². The average Bonchev–Trinajstić information content (AvgIpc) is 3.93. The summed E-state index contributed by atoms with van der Waals surface area (Å²) in [5.74, 6) is -2.56. The molecule has 7 aromatic rings. The summed E-state index contributed by atoms with van der Waals surface area (Å²) in [5.41, 5.74) is 4.25. The van der Waals surface area contributed by atoms with Crippen molar-refractivity contribution in [3.8, 4) is 22.6 Å². The Bertz CT molecular complexity index is 3190. The molecule has 14 nitrogen and oxygen atoms in total. The van der Waals surface area contributed by atoms with Gasteiger partial charge in [-0.15, -0.1) is 0 Å². The Kier molecular flexibility index (Phi) is 13.6. The Morgan fingerprint density at radius 1 is 0.720 bits per heavy atom. The van der Waals surface area contributed by atoms with Crippen LogP contribution >= 0.6 is 0 Å². The Balaban J connectivity index is 1.18. The summed E-state index contributed by atoms with van der Waals surface area (Å²) >= 11 is 0. The zero-order valence-corrected chi connectivity index (χ0v) is 41.6. The monoisotopic (exact) mass is 1000 g/mol. The van der Waals surface area contributed by atoms with Gasteiger partial charge in [-0.1, -0.05) is 121 Å². The van der Waals surface area contributed by atoms with Crippen molar-refractivity contribution in [1.82, 2.24) is 10.2 Å². The van der Waals surface area contributed by atoms with E-state index in [1.165, 1.54) is 0 Å². The van der Waals surface area contributed by atoms with Crippen LogP contribution in [0.3, 0.4) is 0 Å². The molecular weight excluding hydrogens is 947 g/mol. The first kappa shape index (κ1) is 48.9. The number of ether oxygens (including phenoxy) is 4. The smallest absolute Gasteiger partial charge is 0.329 e. The summed E-state index contributed by atoms with van der Waals surface area (Å²) in [6, 6.07) is 51.6. The number of rotatable bonds is 13. The molecule has 380 valence electrons. The highest BCUT2D eigenvalue weighted by molar-refractivity contribution is 6.25. The number of morpholine rings is 2. The van der Waals surface area contributed by atoms with Gasteiger partial charge in [-0.05, 0) is 107 Å². The second kappa shape index (κ2) is 20.9. The molecule has 4 heterocycles. The molecule has 4 aliphatic heterocycles. The number of carbonyl (C=O) groups excluding carboxylic acids is 4. The molecule has 0 saturated carbocycles. The third-order valence-electron chi connectivity index (χ3n) is 15.1. The van der Waals surface area contributed by atoms with Gasteiger partial charge in [-0.25, -0.2) is 9.69 Å². The number of cyclic esters (lactones) is 1. The maximum Gasteiger partial charge on any atom is 0.329 e. The number of nitrogens with zero attached hydrogens (tertiary/aromatic N) is 3. The zero-order valence-electron chi connectivity index (χ0n) is 41.6. The molecule has 14 heteroatoms. The van der Waals surface area contributed by atoms with E-state index in [1.807, 2.05) is 170 Å². The summed E-state index contributed by atoms with van der Waals surface area (Å²) in [6.07, 6.45) is -0.923. The average molecular weight is 1000 g/mol. The Hall–Kier alpha value is -8.30. The van der Waals surface area contributed by atoms with Gasteiger partial charge in [0.2, 0.25) is 11.8 Å². The molecule has 7 aromatic carbocycles. The molecule has 7 atom stereocenters. The van der Waals surface area contributed by atoms with E-state index in [-0.39, 0.29) is 18.9 Å². The number of methoxy groups -OCH3 is 1. The normalized spacial score (nSPS) is 22.5. The van der Waals surface area contributed by atoms with Gasteiger partial charge >= 0.3 is 12.0 Å². The molecule has 0 aromatic heterocycles. The summed E-state index contributed by atoms with van der Waals surface area (Å²) in [6.45, 7) is 4.19. The molecule has 3 saturated heterocycles. The Morgan fingerprint density at radius 2 is 1.37 bits per heavy atom. The van der Waals surface area contributed by atoms with Crippen LogP contribution in [0, 0.1) is 5.92 Å². The van der Waals surface area contributed by atoms with Crippen LogP contribution in [0.5, 0.6) is 11.5 Å². The first-order valence-electron chi connectivity index (χ1n) is 25.3. The molecule has 0 bridgehead atoms. The highest BCUT2D eigenvalue weighted by Gasteiger charge is 2.75. The molecule has 0 aliphatic carbocycles. The minimum atomic E-state index is -2.04. The van der Waals surface area contributed by atoms with Crippen molar-refractivity contribution in [2.45, 2.75) is 42.6 Å². The number of esters is 1. The molecule has 4 amide bonds. The number of aliphatic hydroxyl groups excluding tert-OH is 1. The van der Waals surface area contributed by atoms with Crippen molar-refractivity contribution in [2.75, 3.05) is 61.7 Å². The quantitative estimate of drug-likeness (QED) is 0.0946. The first-order valence-corrected chi connectivity index (χ1v) is 25.3. The van der Waals surface area contributed by atoms with Crippen molar-refractivity contribution in [1.29, 1.82) is 0 Å². The lowest BCUT2D eigenvalue weighted by Crippen LogP contribution is -2.55. The lowest BCUT2D eigenvalue weighted by molar-refractivity contribution is -0.177. The van der Waals surface area contributed by atoms with E-state index < -0.39 is 65.4 Å². The van der Waals surface area contributed by atoms with Crippen LogP contribution in [-0.4, -0.2) is 86.5 Å². The predicted octanol–water partition coefficient (Wildman–Crippen LogP) is 9.34. The molecule has 11 rings (SSSR count).